The van der Waals surface area contributed by atoms with Crippen LogP contribution in [0.2, 0.25) is 0 Å². The second kappa shape index (κ2) is 5.37. The van der Waals surface area contributed by atoms with Gasteiger partial charge >= 0.3 is 5.97 Å². The molecule has 4 aliphatic carbocycles. The molecular formula is C19H26O4. The van der Waals surface area contributed by atoms with Gasteiger partial charge in [0.15, 0.2) is 0 Å². The number of hydrogen-bond acceptors (Lipinski definition) is 4. The van der Waals surface area contributed by atoms with Crippen LogP contribution in [0.5, 0.6) is 0 Å². The summed E-state index contributed by atoms with van der Waals surface area (Å²) in [5.74, 6) is 1.61. The molecule has 23 heavy (non-hydrogen) atoms. The van der Waals surface area contributed by atoms with Crippen LogP contribution in [0.1, 0.15) is 51.9 Å². The molecule has 5 rings (SSSR count). The first-order chi connectivity index (χ1) is 11.0. The van der Waals surface area contributed by atoms with Crippen LogP contribution >= 0.6 is 0 Å². The summed E-state index contributed by atoms with van der Waals surface area (Å²) >= 11 is 0. The van der Waals surface area contributed by atoms with Gasteiger partial charge in [0.05, 0.1) is 7.11 Å². The topological polar surface area (TPSA) is 55.8 Å². The van der Waals surface area contributed by atoms with Gasteiger partial charge in [-0.3, -0.25) is 4.79 Å². The van der Waals surface area contributed by atoms with Crippen LogP contribution in [0.25, 0.3) is 0 Å². The van der Waals surface area contributed by atoms with E-state index in [1.54, 1.807) is 0 Å². The lowest BCUT2D eigenvalue weighted by molar-refractivity contribution is -0.141. The molecule has 1 N–H and O–H groups in total. The van der Waals surface area contributed by atoms with Gasteiger partial charge in [-0.15, -0.1) is 0 Å². The van der Waals surface area contributed by atoms with Crippen LogP contribution in [0.4, 0.5) is 0 Å². The lowest BCUT2D eigenvalue weighted by atomic mass is 9.61. The van der Waals surface area contributed by atoms with Crippen molar-refractivity contribution in [1.82, 2.24) is 0 Å². The summed E-state index contributed by atoms with van der Waals surface area (Å²) in [6.45, 7) is 2.25. The van der Waals surface area contributed by atoms with Gasteiger partial charge in [-0.1, -0.05) is 13.0 Å². The number of aliphatic hydroxyl groups excluding tert-OH is 1. The number of aliphatic hydroxyl groups is 1. The summed E-state index contributed by atoms with van der Waals surface area (Å²) < 4.78 is 11.0. The second-order valence-corrected chi connectivity index (χ2v) is 7.94. The number of esters is 1. The lowest BCUT2D eigenvalue weighted by Gasteiger charge is -2.51. The summed E-state index contributed by atoms with van der Waals surface area (Å²) in [6, 6.07) is 0. The number of carbonyl (C=O) groups is 1. The molecular weight excluding hydrogens is 292 g/mol. The van der Waals surface area contributed by atoms with Gasteiger partial charge in [-0.2, -0.15) is 0 Å². The average molecular weight is 318 g/mol. The quantitative estimate of drug-likeness (QED) is 0.642. The third-order valence-electron chi connectivity index (χ3n) is 6.44. The van der Waals surface area contributed by atoms with Gasteiger partial charge < -0.3 is 14.6 Å². The summed E-state index contributed by atoms with van der Waals surface area (Å²) in [4.78, 5) is 11.5. The van der Waals surface area contributed by atoms with Crippen molar-refractivity contribution in [2.45, 2.75) is 64.1 Å². The van der Waals surface area contributed by atoms with Crippen molar-refractivity contribution in [3.63, 3.8) is 0 Å². The molecule has 0 aromatic rings. The number of hydrogen-bond donors (Lipinski definition) is 1. The lowest BCUT2D eigenvalue weighted by Crippen LogP contribution is -2.46. The van der Waals surface area contributed by atoms with E-state index < -0.39 is 0 Å². The fourth-order valence-electron chi connectivity index (χ4n) is 5.03. The molecule has 1 saturated carbocycles. The highest BCUT2D eigenvalue weighted by Crippen LogP contribution is 2.55. The minimum Gasteiger partial charge on any atom is -0.488 e. The number of carbonyl (C=O) groups excluding carboxylic acids is 1. The van der Waals surface area contributed by atoms with E-state index in [4.69, 9.17) is 9.47 Å². The Hall–Kier alpha value is -1.29. The summed E-state index contributed by atoms with van der Waals surface area (Å²) in [6.07, 6.45) is 8.71. The maximum absolute atomic E-state index is 11.5. The predicted octanol–water partition coefficient (Wildman–Crippen LogP) is 3.11. The zero-order chi connectivity index (χ0) is 16.2. The highest BCUT2D eigenvalue weighted by atomic mass is 16.5. The Morgan fingerprint density at radius 3 is 3.09 bits per heavy atom. The van der Waals surface area contributed by atoms with E-state index in [2.05, 4.69) is 13.0 Å². The monoisotopic (exact) mass is 318 g/mol. The zero-order valence-corrected chi connectivity index (χ0v) is 14.0. The van der Waals surface area contributed by atoms with E-state index in [1.807, 2.05) is 0 Å². The first kappa shape index (κ1) is 15.3. The van der Waals surface area contributed by atoms with E-state index >= 15 is 0 Å². The van der Waals surface area contributed by atoms with Gasteiger partial charge in [0.1, 0.15) is 18.0 Å². The molecule has 4 bridgehead atoms. The molecule has 0 aromatic heterocycles. The average Bonchev–Trinajstić information content (AvgIpc) is 2.57. The Morgan fingerprint density at radius 1 is 1.48 bits per heavy atom. The van der Waals surface area contributed by atoms with Crippen molar-refractivity contribution in [2.75, 3.05) is 7.11 Å². The standard InChI is InChI=1S/C19H26O4/c1-19(8-6-16(20)22-2)7-5-15-14(10-19)13-9-11-3-4-12(13)18(23-15)17(11)21/h10-11,13,15,17,21H,3-9H2,1-2H3. The Labute approximate surface area is 137 Å². The van der Waals surface area contributed by atoms with E-state index in [0.717, 1.165) is 44.3 Å². The second-order valence-electron chi connectivity index (χ2n) is 7.94. The fourth-order valence-corrected chi connectivity index (χ4v) is 5.03. The number of rotatable bonds is 3. The maximum atomic E-state index is 11.5. The maximum Gasteiger partial charge on any atom is 0.305 e. The number of ether oxygens (including phenoxy) is 2. The molecule has 5 atom stereocenters. The van der Waals surface area contributed by atoms with Crippen LogP contribution in [-0.4, -0.2) is 30.4 Å². The Kier molecular flexibility index (Phi) is 3.56. The number of fused-ring (bicyclic) bond motifs is 2. The molecule has 0 amide bonds. The molecule has 5 aliphatic rings. The summed E-state index contributed by atoms with van der Waals surface area (Å²) in [7, 11) is 1.45. The zero-order valence-electron chi connectivity index (χ0n) is 14.0. The number of allylic oxidation sites excluding steroid dienone is 2. The highest BCUT2D eigenvalue weighted by Gasteiger charge is 2.49. The minimum absolute atomic E-state index is 0.0523. The van der Waals surface area contributed by atoms with Gasteiger partial charge in [-0.25, -0.2) is 0 Å². The third kappa shape index (κ3) is 2.42. The molecule has 1 heterocycles. The predicted molar refractivity (Wildman–Crippen MR) is 85.4 cm³/mol. The SMILES string of the molecule is COC(=O)CCC1(C)C=C2C(CC1)OC1=C3CCC(CC23)C1O. The normalized spacial score (nSPS) is 41.1. The van der Waals surface area contributed by atoms with E-state index in [9.17, 15) is 9.90 Å². The molecule has 4 heteroatoms. The highest BCUT2D eigenvalue weighted by molar-refractivity contribution is 5.69. The molecule has 0 saturated heterocycles. The Morgan fingerprint density at radius 2 is 2.30 bits per heavy atom. The van der Waals surface area contributed by atoms with Crippen LogP contribution in [0.3, 0.4) is 0 Å². The van der Waals surface area contributed by atoms with Crippen LogP contribution in [-0.2, 0) is 14.3 Å². The third-order valence-corrected chi connectivity index (χ3v) is 6.44. The fraction of sp³-hybridized carbons (Fsp3) is 0.737. The van der Waals surface area contributed by atoms with Crippen LogP contribution < -0.4 is 0 Å². The molecule has 0 spiro atoms. The van der Waals surface area contributed by atoms with Gasteiger partial charge in [0, 0.05) is 12.3 Å². The molecule has 0 radical (unpaired) electrons. The van der Waals surface area contributed by atoms with Crippen molar-refractivity contribution in [2.24, 2.45) is 17.3 Å². The van der Waals surface area contributed by atoms with Crippen LogP contribution in [0.15, 0.2) is 23.0 Å². The Bertz CT molecular complexity index is 590. The molecule has 1 fully saturated rings. The number of methoxy groups -OCH3 is 1. The van der Waals surface area contributed by atoms with Gasteiger partial charge in [-0.05, 0) is 61.0 Å². The molecule has 4 nitrogen and oxygen atoms in total. The Balaban J connectivity index is 1.60. The van der Waals surface area contributed by atoms with Crippen molar-refractivity contribution < 1.29 is 19.4 Å². The smallest absolute Gasteiger partial charge is 0.305 e. The minimum atomic E-state index is -0.371. The van der Waals surface area contributed by atoms with Crippen molar-refractivity contribution in [3.8, 4) is 0 Å². The first-order valence-corrected chi connectivity index (χ1v) is 8.88. The van der Waals surface area contributed by atoms with Crippen molar-refractivity contribution in [3.05, 3.63) is 23.0 Å². The van der Waals surface area contributed by atoms with Crippen molar-refractivity contribution in [1.29, 1.82) is 0 Å². The van der Waals surface area contributed by atoms with E-state index in [1.165, 1.54) is 18.3 Å². The molecule has 5 unspecified atom stereocenters. The van der Waals surface area contributed by atoms with E-state index in [0.29, 0.717) is 18.3 Å². The molecule has 126 valence electrons. The largest absolute Gasteiger partial charge is 0.488 e. The molecule has 0 aromatic carbocycles. The summed E-state index contributed by atoms with van der Waals surface area (Å²) in [5.41, 5.74) is 2.82. The summed E-state index contributed by atoms with van der Waals surface area (Å²) in [5, 5.41) is 10.4. The van der Waals surface area contributed by atoms with Crippen molar-refractivity contribution >= 4 is 5.97 Å². The molecule has 1 aliphatic heterocycles. The first-order valence-electron chi connectivity index (χ1n) is 8.88. The van der Waals surface area contributed by atoms with E-state index in [-0.39, 0.29) is 23.6 Å². The van der Waals surface area contributed by atoms with Gasteiger partial charge in [0.2, 0.25) is 0 Å². The van der Waals surface area contributed by atoms with Crippen LogP contribution in [0, 0.1) is 17.3 Å². The van der Waals surface area contributed by atoms with Gasteiger partial charge in [0.25, 0.3) is 0 Å².